The number of likely N-dealkylation sites (N-methyl/N-ethyl adjacent to an activating group) is 1. The minimum atomic E-state index is -0.567. The molecule has 3 atom stereocenters. The summed E-state index contributed by atoms with van der Waals surface area (Å²) in [5, 5.41) is 0. The van der Waals surface area contributed by atoms with Crippen LogP contribution in [0.1, 0.15) is 19.3 Å². The SMILES string of the molecule is CN(c1cc2oc(=O)[nH]c2cc1F)[C@H]1C[C@@H]2CC[C@H]1O2. The first-order valence-electron chi connectivity index (χ1n) is 6.82. The van der Waals surface area contributed by atoms with Gasteiger partial charge >= 0.3 is 5.76 Å². The molecule has 5 nitrogen and oxygen atoms in total. The average molecular weight is 278 g/mol. The summed E-state index contributed by atoms with van der Waals surface area (Å²) in [6.45, 7) is 0. The van der Waals surface area contributed by atoms with Gasteiger partial charge in [-0.2, -0.15) is 0 Å². The van der Waals surface area contributed by atoms with Crippen LogP contribution < -0.4 is 10.7 Å². The maximum atomic E-state index is 14.2. The number of aromatic nitrogens is 1. The molecule has 1 aromatic heterocycles. The van der Waals surface area contributed by atoms with Gasteiger partial charge in [0, 0.05) is 19.2 Å². The van der Waals surface area contributed by atoms with E-state index in [0.717, 1.165) is 19.3 Å². The highest BCUT2D eigenvalue weighted by atomic mass is 19.1. The maximum absolute atomic E-state index is 14.2. The third-order valence-corrected chi connectivity index (χ3v) is 4.44. The van der Waals surface area contributed by atoms with E-state index < -0.39 is 5.76 Å². The summed E-state index contributed by atoms with van der Waals surface area (Å²) < 4.78 is 25.0. The second-order valence-corrected chi connectivity index (χ2v) is 5.60. The molecule has 2 saturated heterocycles. The minimum Gasteiger partial charge on any atom is -0.408 e. The summed E-state index contributed by atoms with van der Waals surface area (Å²) in [5.41, 5.74) is 1.21. The fourth-order valence-corrected chi connectivity index (χ4v) is 3.43. The molecule has 0 unspecified atom stereocenters. The molecule has 2 aromatic rings. The number of anilines is 1. The number of rotatable bonds is 2. The number of ether oxygens (including phenoxy) is 1. The van der Waals surface area contributed by atoms with E-state index in [-0.39, 0.29) is 18.0 Å². The second-order valence-electron chi connectivity index (χ2n) is 5.60. The van der Waals surface area contributed by atoms with Crippen molar-refractivity contribution < 1.29 is 13.5 Å². The smallest absolute Gasteiger partial charge is 0.408 e. The van der Waals surface area contributed by atoms with Crippen LogP contribution >= 0.6 is 0 Å². The molecule has 2 fully saturated rings. The summed E-state index contributed by atoms with van der Waals surface area (Å²) in [6, 6.07) is 3.07. The van der Waals surface area contributed by atoms with Crippen molar-refractivity contribution in [3.05, 3.63) is 28.5 Å². The molecule has 0 amide bonds. The predicted molar refractivity (Wildman–Crippen MR) is 71.5 cm³/mol. The Morgan fingerprint density at radius 2 is 2.25 bits per heavy atom. The van der Waals surface area contributed by atoms with Crippen LogP contribution in [0.2, 0.25) is 0 Å². The van der Waals surface area contributed by atoms with Gasteiger partial charge in [0.25, 0.3) is 0 Å². The van der Waals surface area contributed by atoms with Crippen LogP contribution in [0.5, 0.6) is 0 Å². The highest BCUT2D eigenvalue weighted by Crippen LogP contribution is 2.39. The normalized spacial score (nSPS) is 28.4. The number of benzene rings is 1. The summed E-state index contributed by atoms with van der Waals surface area (Å²) in [7, 11) is 1.86. The number of hydrogen-bond donors (Lipinski definition) is 1. The highest BCUT2D eigenvalue weighted by molar-refractivity contribution is 5.77. The molecule has 1 aromatic carbocycles. The Morgan fingerprint density at radius 3 is 2.95 bits per heavy atom. The second kappa shape index (κ2) is 4.09. The van der Waals surface area contributed by atoms with Crippen molar-refractivity contribution in [3.8, 4) is 0 Å². The number of fused-ring (bicyclic) bond motifs is 3. The van der Waals surface area contributed by atoms with Crippen molar-refractivity contribution in [2.75, 3.05) is 11.9 Å². The number of halogens is 1. The lowest BCUT2D eigenvalue weighted by Crippen LogP contribution is -2.39. The molecule has 1 N–H and O–H groups in total. The van der Waals surface area contributed by atoms with Crippen LogP contribution in [0.15, 0.2) is 21.3 Å². The van der Waals surface area contributed by atoms with Crippen molar-refractivity contribution in [2.24, 2.45) is 0 Å². The molecule has 2 bridgehead atoms. The Bertz CT molecular complexity index is 723. The van der Waals surface area contributed by atoms with Gasteiger partial charge in [0.1, 0.15) is 5.82 Å². The lowest BCUT2D eigenvalue weighted by Gasteiger charge is -2.31. The van der Waals surface area contributed by atoms with E-state index in [1.807, 2.05) is 11.9 Å². The van der Waals surface area contributed by atoms with Gasteiger partial charge < -0.3 is 14.1 Å². The third kappa shape index (κ3) is 1.67. The molecule has 0 saturated carbocycles. The number of nitrogens with one attached hydrogen (secondary N) is 1. The first kappa shape index (κ1) is 12.0. The topological polar surface area (TPSA) is 58.5 Å². The zero-order chi connectivity index (χ0) is 13.9. The molecule has 20 heavy (non-hydrogen) atoms. The van der Waals surface area contributed by atoms with Gasteiger partial charge in [0.15, 0.2) is 5.58 Å². The van der Waals surface area contributed by atoms with Gasteiger partial charge in [0.2, 0.25) is 0 Å². The zero-order valence-electron chi connectivity index (χ0n) is 11.1. The molecule has 6 heteroatoms. The Kier molecular flexibility index (Phi) is 2.44. The standard InChI is InChI=1S/C14H15FN2O3/c1-17(11-4-7-2-3-12(11)19-7)10-6-13-9(5-8(10)15)16-14(18)20-13/h5-7,11-12H,2-4H2,1H3,(H,16,18)/t7-,11-,12+/m0/s1. The van der Waals surface area contributed by atoms with Crippen LogP contribution in [0.4, 0.5) is 10.1 Å². The average Bonchev–Trinajstić information content (AvgIpc) is 3.10. The Balaban J connectivity index is 1.73. The largest absolute Gasteiger partial charge is 0.417 e. The Labute approximate surface area is 114 Å². The summed E-state index contributed by atoms with van der Waals surface area (Å²) >= 11 is 0. The van der Waals surface area contributed by atoms with Crippen LogP contribution in [0.3, 0.4) is 0 Å². The molecule has 3 heterocycles. The minimum absolute atomic E-state index is 0.179. The van der Waals surface area contributed by atoms with Gasteiger partial charge in [-0.25, -0.2) is 9.18 Å². The van der Waals surface area contributed by atoms with E-state index in [1.165, 1.54) is 6.07 Å². The number of H-pyrrole nitrogens is 1. The molecular weight excluding hydrogens is 263 g/mol. The van der Waals surface area contributed by atoms with Crippen molar-refractivity contribution in [3.63, 3.8) is 0 Å². The van der Waals surface area contributed by atoms with Crippen LogP contribution in [0, 0.1) is 5.82 Å². The van der Waals surface area contributed by atoms with E-state index in [0.29, 0.717) is 22.9 Å². The number of nitrogens with zero attached hydrogens (tertiary/aromatic N) is 1. The molecule has 106 valence electrons. The van der Waals surface area contributed by atoms with Gasteiger partial charge in [-0.1, -0.05) is 0 Å². The maximum Gasteiger partial charge on any atom is 0.417 e. The van der Waals surface area contributed by atoms with Crippen LogP contribution in [-0.4, -0.2) is 30.3 Å². The van der Waals surface area contributed by atoms with Crippen LogP contribution in [-0.2, 0) is 4.74 Å². The van der Waals surface area contributed by atoms with Crippen molar-refractivity contribution in [1.29, 1.82) is 0 Å². The van der Waals surface area contributed by atoms with E-state index in [4.69, 9.17) is 9.15 Å². The number of hydrogen-bond acceptors (Lipinski definition) is 4. The van der Waals surface area contributed by atoms with Crippen LogP contribution in [0.25, 0.3) is 11.1 Å². The Hall–Kier alpha value is -1.82. The molecular formula is C14H15FN2O3. The van der Waals surface area contributed by atoms with Crippen molar-refractivity contribution in [1.82, 2.24) is 4.98 Å². The molecule has 2 aliphatic rings. The predicted octanol–water partition coefficient (Wildman–Crippen LogP) is 2.02. The zero-order valence-corrected chi connectivity index (χ0v) is 11.1. The summed E-state index contributed by atoms with van der Waals surface area (Å²) in [5.74, 6) is -0.928. The first-order valence-corrected chi connectivity index (χ1v) is 6.82. The third-order valence-electron chi connectivity index (χ3n) is 4.44. The molecule has 4 rings (SSSR count). The lowest BCUT2D eigenvalue weighted by molar-refractivity contribution is 0.100. The fourth-order valence-electron chi connectivity index (χ4n) is 3.43. The molecule has 0 spiro atoms. The molecule has 0 radical (unpaired) electrons. The quantitative estimate of drug-likeness (QED) is 0.913. The van der Waals surface area contributed by atoms with E-state index in [1.54, 1.807) is 6.07 Å². The summed E-state index contributed by atoms with van der Waals surface area (Å²) in [4.78, 5) is 15.5. The Morgan fingerprint density at radius 1 is 1.40 bits per heavy atom. The number of aromatic amines is 1. The van der Waals surface area contributed by atoms with Gasteiger partial charge in [-0.3, -0.25) is 4.98 Å². The van der Waals surface area contributed by atoms with Gasteiger partial charge in [-0.15, -0.1) is 0 Å². The fraction of sp³-hybridized carbons (Fsp3) is 0.500. The first-order chi connectivity index (χ1) is 9.61. The van der Waals surface area contributed by atoms with Crippen molar-refractivity contribution >= 4 is 16.8 Å². The monoisotopic (exact) mass is 278 g/mol. The van der Waals surface area contributed by atoms with Gasteiger partial charge in [0.05, 0.1) is 29.5 Å². The van der Waals surface area contributed by atoms with E-state index in [2.05, 4.69) is 4.98 Å². The number of oxazole rings is 1. The van der Waals surface area contributed by atoms with Crippen molar-refractivity contribution in [2.45, 2.75) is 37.5 Å². The van der Waals surface area contributed by atoms with E-state index in [9.17, 15) is 9.18 Å². The van der Waals surface area contributed by atoms with E-state index >= 15 is 0 Å². The lowest BCUT2D eigenvalue weighted by atomic mass is 9.94. The summed E-state index contributed by atoms with van der Waals surface area (Å²) in [6.07, 6.45) is 3.55. The molecule has 0 aliphatic carbocycles. The molecule has 2 aliphatic heterocycles. The van der Waals surface area contributed by atoms with Gasteiger partial charge in [-0.05, 0) is 19.3 Å². The highest BCUT2D eigenvalue weighted by Gasteiger charge is 2.43.